The van der Waals surface area contributed by atoms with Crippen molar-refractivity contribution in [2.75, 3.05) is 0 Å². The van der Waals surface area contributed by atoms with Crippen LogP contribution >= 0.6 is 0 Å². The molecule has 0 nitrogen and oxygen atoms in total. The minimum atomic E-state index is 0.617. The molecule has 0 aromatic heterocycles. The van der Waals surface area contributed by atoms with Gasteiger partial charge in [-0.2, -0.15) is 0 Å². The van der Waals surface area contributed by atoms with Crippen LogP contribution in [0.3, 0.4) is 0 Å². The highest BCUT2D eigenvalue weighted by Gasteiger charge is 2.41. The third kappa shape index (κ3) is 1.92. The van der Waals surface area contributed by atoms with Crippen LogP contribution in [-0.2, 0) is 0 Å². The lowest BCUT2D eigenvalue weighted by molar-refractivity contribution is 0.0142. The van der Waals surface area contributed by atoms with E-state index < -0.39 is 0 Å². The Morgan fingerprint density at radius 1 is 1.15 bits per heavy atom. The molecular weight excluding hydrogens is 156 g/mol. The molecule has 0 heterocycles. The lowest BCUT2D eigenvalue weighted by Gasteiger charge is -2.48. The van der Waals surface area contributed by atoms with Crippen LogP contribution in [0.2, 0.25) is 0 Å². The van der Waals surface area contributed by atoms with Crippen LogP contribution in [0.15, 0.2) is 0 Å². The predicted molar refractivity (Wildman–Crippen MR) is 59.7 cm³/mol. The van der Waals surface area contributed by atoms with Gasteiger partial charge in [-0.3, -0.25) is 0 Å². The van der Waals surface area contributed by atoms with E-state index >= 15 is 0 Å². The van der Waals surface area contributed by atoms with E-state index in [2.05, 4.69) is 34.6 Å². The van der Waals surface area contributed by atoms with Gasteiger partial charge in [0.25, 0.3) is 0 Å². The monoisotopic (exact) mass is 182 g/mol. The first-order valence-electron chi connectivity index (χ1n) is 6.02. The first-order valence-corrected chi connectivity index (χ1v) is 6.02. The van der Waals surface area contributed by atoms with Gasteiger partial charge in [0.1, 0.15) is 0 Å². The van der Waals surface area contributed by atoms with E-state index in [4.69, 9.17) is 0 Å². The van der Waals surface area contributed by atoms with Crippen molar-refractivity contribution >= 4 is 0 Å². The molecule has 1 aliphatic carbocycles. The summed E-state index contributed by atoms with van der Waals surface area (Å²) in [6.07, 6.45) is 5.65. The molecule has 0 aromatic rings. The second-order valence-corrected chi connectivity index (χ2v) is 5.50. The number of hydrogen-bond acceptors (Lipinski definition) is 0. The standard InChI is InChI=1S/C13H26/c1-6-9-13(5)11(3)8-7-10(2)12(13)4/h10-12H,6-9H2,1-5H3. The quantitative estimate of drug-likeness (QED) is 0.590. The summed E-state index contributed by atoms with van der Waals surface area (Å²) in [4.78, 5) is 0. The molecule has 4 atom stereocenters. The minimum absolute atomic E-state index is 0.617. The summed E-state index contributed by atoms with van der Waals surface area (Å²) in [5.41, 5.74) is 0.617. The molecule has 0 bridgehead atoms. The van der Waals surface area contributed by atoms with Crippen LogP contribution in [0.5, 0.6) is 0 Å². The first-order chi connectivity index (χ1) is 6.02. The average molecular weight is 182 g/mol. The molecule has 0 amide bonds. The molecule has 1 rings (SSSR count). The molecule has 0 radical (unpaired) electrons. The Morgan fingerprint density at radius 3 is 2.31 bits per heavy atom. The van der Waals surface area contributed by atoms with Gasteiger partial charge in [-0.25, -0.2) is 0 Å². The second-order valence-electron chi connectivity index (χ2n) is 5.50. The zero-order chi connectivity index (χ0) is 10.1. The van der Waals surface area contributed by atoms with Crippen molar-refractivity contribution in [3.05, 3.63) is 0 Å². The van der Waals surface area contributed by atoms with Crippen molar-refractivity contribution < 1.29 is 0 Å². The Hall–Kier alpha value is 0. The molecule has 1 fully saturated rings. The molecule has 1 aliphatic rings. The second kappa shape index (κ2) is 4.02. The highest BCUT2D eigenvalue weighted by molar-refractivity contribution is 4.91. The van der Waals surface area contributed by atoms with Gasteiger partial charge >= 0.3 is 0 Å². The lowest BCUT2D eigenvalue weighted by atomic mass is 9.57. The summed E-state index contributed by atoms with van der Waals surface area (Å²) in [5, 5.41) is 0. The van der Waals surface area contributed by atoms with Gasteiger partial charge in [0, 0.05) is 0 Å². The Labute approximate surface area is 84.1 Å². The summed E-state index contributed by atoms with van der Waals surface area (Å²) in [7, 11) is 0. The van der Waals surface area contributed by atoms with E-state index in [1.807, 2.05) is 0 Å². The van der Waals surface area contributed by atoms with Crippen molar-refractivity contribution in [3.8, 4) is 0 Å². The van der Waals surface area contributed by atoms with Crippen LogP contribution < -0.4 is 0 Å². The van der Waals surface area contributed by atoms with Crippen LogP contribution in [-0.4, -0.2) is 0 Å². The first kappa shape index (κ1) is 11.1. The fourth-order valence-corrected chi connectivity index (χ4v) is 3.20. The summed E-state index contributed by atoms with van der Waals surface area (Å²) in [6.45, 7) is 12.2. The minimum Gasteiger partial charge on any atom is -0.0654 e. The number of hydrogen-bond donors (Lipinski definition) is 0. The molecule has 0 aromatic carbocycles. The zero-order valence-corrected chi connectivity index (χ0v) is 10.1. The molecule has 78 valence electrons. The largest absolute Gasteiger partial charge is 0.0654 e. The molecule has 0 aliphatic heterocycles. The highest BCUT2D eigenvalue weighted by atomic mass is 14.5. The fraction of sp³-hybridized carbons (Fsp3) is 1.00. The Balaban J connectivity index is 2.75. The van der Waals surface area contributed by atoms with Gasteiger partial charge in [0.05, 0.1) is 0 Å². The fourth-order valence-electron chi connectivity index (χ4n) is 3.20. The third-order valence-corrected chi connectivity index (χ3v) is 4.86. The predicted octanol–water partition coefficient (Wildman–Crippen LogP) is 4.49. The van der Waals surface area contributed by atoms with Gasteiger partial charge in [0.2, 0.25) is 0 Å². The van der Waals surface area contributed by atoms with Crippen molar-refractivity contribution in [3.63, 3.8) is 0 Å². The van der Waals surface area contributed by atoms with Gasteiger partial charge in [-0.15, -0.1) is 0 Å². The van der Waals surface area contributed by atoms with Crippen molar-refractivity contribution in [2.45, 2.75) is 60.3 Å². The zero-order valence-electron chi connectivity index (χ0n) is 10.1. The van der Waals surface area contributed by atoms with Crippen molar-refractivity contribution in [1.29, 1.82) is 0 Å². The van der Waals surface area contributed by atoms with Crippen LogP contribution in [0.25, 0.3) is 0 Å². The van der Waals surface area contributed by atoms with Gasteiger partial charge in [-0.05, 0) is 36.0 Å². The summed E-state index contributed by atoms with van der Waals surface area (Å²) < 4.78 is 0. The summed E-state index contributed by atoms with van der Waals surface area (Å²) in [5.74, 6) is 2.78. The van der Waals surface area contributed by atoms with Gasteiger partial charge in [0.15, 0.2) is 0 Å². The topological polar surface area (TPSA) is 0 Å². The normalized spacial score (nSPS) is 46.4. The van der Waals surface area contributed by atoms with E-state index in [9.17, 15) is 0 Å². The summed E-state index contributed by atoms with van der Waals surface area (Å²) in [6, 6.07) is 0. The SMILES string of the molecule is CCCC1(C)C(C)CCC(C)C1C. The van der Waals surface area contributed by atoms with E-state index in [-0.39, 0.29) is 0 Å². The van der Waals surface area contributed by atoms with E-state index in [1.165, 1.54) is 25.7 Å². The van der Waals surface area contributed by atoms with Crippen molar-refractivity contribution in [2.24, 2.45) is 23.2 Å². The number of rotatable bonds is 2. The summed E-state index contributed by atoms with van der Waals surface area (Å²) >= 11 is 0. The van der Waals surface area contributed by atoms with E-state index in [1.54, 1.807) is 0 Å². The molecule has 0 heteroatoms. The van der Waals surface area contributed by atoms with Crippen LogP contribution in [0.4, 0.5) is 0 Å². The Morgan fingerprint density at radius 2 is 1.77 bits per heavy atom. The van der Waals surface area contributed by atoms with Crippen molar-refractivity contribution in [1.82, 2.24) is 0 Å². The maximum Gasteiger partial charge on any atom is -0.0272 e. The average Bonchev–Trinajstić information content (AvgIpc) is 2.10. The maximum absolute atomic E-state index is 2.52. The van der Waals surface area contributed by atoms with Crippen LogP contribution in [0, 0.1) is 23.2 Å². The molecule has 1 saturated carbocycles. The maximum atomic E-state index is 2.52. The Kier molecular flexibility index (Phi) is 3.43. The van der Waals surface area contributed by atoms with Gasteiger partial charge < -0.3 is 0 Å². The van der Waals surface area contributed by atoms with E-state index in [0.29, 0.717) is 5.41 Å². The van der Waals surface area contributed by atoms with Gasteiger partial charge in [-0.1, -0.05) is 47.5 Å². The smallest absolute Gasteiger partial charge is 0.0272 e. The highest BCUT2D eigenvalue weighted by Crippen LogP contribution is 2.50. The molecule has 4 unspecified atom stereocenters. The molecular formula is C13H26. The van der Waals surface area contributed by atoms with E-state index in [0.717, 1.165) is 17.8 Å². The molecule has 0 spiro atoms. The molecule has 13 heavy (non-hydrogen) atoms. The molecule has 0 saturated heterocycles. The third-order valence-electron chi connectivity index (χ3n) is 4.86. The lowest BCUT2D eigenvalue weighted by Crippen LogP contribution is -2.40. The van der Waals surface area contributed by atoms with Crippen LogP contribution in [0.1, 0.15) is 60.3 Å². The molecule has 0 N–H and O–H groups in total. The Bertz CT molecular complexity index is 161.